The van der Waals surface area contributed by atoms with Gasteiger partial charge in [-0.25, -0.2) is 4.39 Å². The number of hydrogen-bond acceptors (Lipinski definition) is 1. The van der Waals surface area contributed by atoms with Gasteiger partial charge in [0.2, 0.25) is 0 Å². The molecule has 0 amide bonds. The van der Waals surface area contributed by atoms with E-state index in [1.165, 1.54) is 0 Å². The Labute approximate surface area is 108 Å². The topological polar surface area (TPSA) is 26.0 Å². The van der Waals surface area contributed by atoms with Gasteiger partial charge in [0.1, 0.15) is 5.82 Å². The third-order valence-corrected chi connectivity index (χ3v) is 2.89. The first kappa shape index (κ1) is 15.7. The molecular formula is C12H18Cl2FN. The monoisotopic (exact) mass is 265 g/mol. The van der Waals surface area contributed by atoms with Gasteiger partial charge in [0.15, 0.2) is 0 Å². The molecule has 1 rings (SSSR count). The van der Waals surface area contributed by atoms with Crippen LogP contribution in [0.3, 0.4) is 0 Å². The molecule has 0 bridgehead atoms. The van der Waals surface area contributed by atoms with Gasteiger partial charge in [-0.05, 0) is 25.0 Å². The Morgan fingerprint density at radius 1 is 1.44 bits per heavy atom. The van der Waals surface area contributed by atoms with Crippen LogP contribution in [-0.4, -0.2) is 0 Å². The summed E-state index contributed by atoms with van der Waals surface area (Å²) in [6.45, 7) is 3.81. The van der Waals surface area contributed by atoms with Crippen molar-refractivity contribution < 1.29 is 4.39 Å². The van der Waals surface area contributed by atoms with Crippen molar-refractivity contribution in [1.82, 2.24) is 0 Å². The Bertz CT molecular complexity index is 342. The third-order valence-electron chi connectivity index (χ3n) is 2.56. The lowest BCUT2D eigenvalue weighted by molar-refractivity contribution is 0.543. The molecule has 0 radical (unpaired) electrons. The normalized spacial score (nSPS) is 12.1. The largest absolute Gasteiger partial charge is 0.324 e. The molecule has 0 fully saturated rings. The van der Waals surface area contributed by atoms with Crippen LogP contribution in [-0.2, 0) is 0 Å². The summed E-state index contributed by atoms with van der Waals surface area (Å²) in [5, 5.41) is 0.432. The van der Waals surface area contributed by atoms with Gasteiger partial charge in [0.05, 0.1) is 0 Å². The molecule has 1 nitrogen and oxygen atoms in total. The maximum absolute atomic E-state index is 13.8. The number of aryl methyl sites for hydroxylation is 1. The summed E-state index contributed by atoms with van der Waals surface area (Å²) in [5.41, 5.74) is 6.99. The summed E-state index contributed by atoms with van der Waals surface area (Å²) < 4.78 is 13.8. The standard InChI is InChI=1S/C12H17ClFN.ClH/c1-3-4-5-10(15)11-9(13)7-6-8(2)12(11)14;/h6-7,10H,3-5,15H2,1-2H3;1H/t10-;/m0./s1. The maximum atomic E-state index is 13.8. The average Bonchev–Trinajstić information content (AvgIpc) is 2.21. The molecule has 1 aromatic carbocycles. The van der Waals surface area contributed by atoms with Crippen molar-refractivity contribution in [1.29, 1.82) is 0 Å². The van der Waals surface area contributed by atoms with Crippen LogP contribution in [0.15, 0.2) is 12.1 Å². The Hall–Kier alpha value is -0.310. The van der Waals surface area contributed by atoms with E-state index in [0.29, 0.717) is 16.1 Å². The zero-order valence-electron chi connectivity index (χ0n) is 9.59. The molecule has 0 aromatic heterocycles. The number of hydrogen-bond donors (Lipinski definition) is 1. The van der Waals surface area contributed by atoms with Crippen LogP contribution < -0.4 is 5.73 Å². The zero-order valence-corrected chi connectivity index (χ0v) is 11.2. The van der Waals surface area contributed by atoms with E-state index in [1.54, 1.807) is 19.1 Å². The summed E-state index contributed by atoms with van der Waals surface area (Å²) in [4.78, 5) is 0. The molecule has 0 spiro atoms. The molecular weight excluding hydrogens is 248 g/mol. The van der Waals surface area contributed by atoms with Crippen molar-refractivity contribution in [2.45, 2.75) is 39.2 Å². The summed E-state index contributed by atoms with van der Waals surface area (Å²) in [7, 11) is 0. The SMILES string of the molecule is CCCC[C@H](N)c1c(Cl)ccc(C)c1F.Cl. The Morgan fingerprint density at radius 3 is 2.62 bits per heavy atom. The molecule has 16 heavy (non-hydrogen) atoms. The summed E-state index contributed by atoms with van der Waals surface area (Å²) in [6.07, 6.45) is 2.82. The van der Waals surface area contributed by atoms with Crippen molar-refractivity contribution in [2.24, 2.45) is 5.73 Å². The van der Waals surface area contributed by atoms with Crippen LogP contribution in [0.1, 0.15) is 43.4 Å². The number of nitrogens with two attached hydrogens (primary N) is 1. The minimum atomic E-state index is -0.294. The first-order valence-electron chi connectivity index (χ1n) is 5.28. The highest BCUT2D eigenvalue weighted by Crippen LogP contribution is 2.29. The second kappa shape index (κ2) is 7.10. The first-order chi connectivity index (χ1) is 7.07. The van der Waals surface area contributed by atoms with Gasteiger partial charge in [0.25, 0.3) is 0 Å². The lowest BCUT2D eigenvalue weighted by atomic mass is 9.99. The molecule has 0 saturated carbocycles. The molecule has 2 N–H and O–H groups in total. The van der Waals surface area contributed by atoms with Crippen molar-refractivity contribution in [2.75, 3.05) is 0 Å². The van der Waals surface area contributed by atoms with Gasteiger partial charge < -0.3 is 5.73 Å². The van der Waals surface area contributed by atoms with Crippen molar-refractivity contribution in [3.8, 4) is 0 Å². The Kier molecular flexibility index (Phi) is 6.96. The van der Waals surface area contributed by atoms with Gasteiger partial charge in [-0.3, -0.25) is 0 Å². The van der Waals surface area contributed by atoms with E-state index in [-0.39, 0.29) is 24.3 Å². The van der Waals surface area contributed by atoms with Gasteiger partial charge in [-0.15, -0.1) is 12.4 Å². The third kappa shape index (κ3) is 3.62. The maximum Gasteiger partial charge on any atom is 0.132 e. The van der Waals surface area contributed by atoms with Crippen LogP contribution in [0.5, 0.6) is 0 Å². The molecule has 0 aliphatic rings. The van der Waals surface area contributed by atoms with Crippen LogP contribution in [0.2, 0.25) is 5.02 Å². The predicted molar refractivity (Wildman–Crippen MR) is 69.8 cm³/mol. The molecule has 92 valence electrons. The number of halogens is 3. The predicted octanol–water partition coefficient (Wildman–Crippen LogP) is 4.40. The fourth-order valence-electron chi connectivity index (χ4n) is 1.59. The van der Waals surface area contributed by atoms with E-state index in [4.69, 9.17) is 17.3 Å². The minimum Gasteiger partial charge on any atom is -0.324 e. The molecule has 0 unspecified atom stereocenters. The Balaban J connectivity index is 0.00000225. The van der Waals surface area contributed by atoms with Crippen LogP contribution in [0, 0.1) is 12.7 Å². The van der Waals surface area contributed by atoms with E-state index in [2.05, 4.69) is 6.92 Å². The first-order valence-corrected chi connectivity index (χ1v) is 5.65. The van der Waals surface area contributed by atoms with Gasteiger partial charge in [-0.2, -0.15) is 0 Å². The zero-order chi connectivity index (χ0) is 11.4. The summed E-state index contributed by atoms with van der Waals surface area (Å²) >= 11 is 5.96. The van der Waals surface area contributed by atoms with Gasteiger partial charge in [0, 0.05) is 16.6 Å². The summed E-state index contributed by atoms with van der Waals surface area (Å²) in [5.74, 6) is -0.258. The van der Waals surface area contributed by atoms with Crippen molar-refractivity contribution in [3.63, 3.8) is 0 Å². The molecule has 1 aromatic rings. The molecule has 0 aliphatic heterocycles. The van der Waals surface area contributed by atoms with E-state index < -0.39 is 0 Å². The van der Waals surface area contributed by atoms with Crippen LogP contribution in [0.25, 0.3) is 0 Å². The highest BCUT2D eigenvalue weighted by molar-refractivity contribution is 6.31. The molecule has 0 saturated heterocycles. The molecule has 1 atom stereocenters. The second-order valence-electron chi connectivity index (χ2n) is 3.84. The fourth-order valence-corrected chi connectivity index (χ4v) is 1.87. The van der Waals surface area contributed by atoms with Crippen LogP contribution in [0.4, 0.5) is 4.39 Å². The molecule has 0 aliphatic carbocycles. The molecule has 0 heterocycles. The van der Waals surface area contributed by atoms with Crippen molar-refractivity contribution in [3.05, 3.63) is 34.1 Å². The average molecular weight is 266 g/mol. The van der Waals surface area contributed by atoms with Crippen LogP contribution >= 0.6 is 24.0 Å². The number of benzene rings is 1. The van der Waals surface area contributed by atoms with E-state index in [9.17, 15) is 4.39 Å². The van der Waals surface area contributed by atoms with Crippen molar-refractivity contribution >= 4 is 24.0 Å². The minimum absolute atomic E-state index is 0. The summed E-state index contributed by atoms with van der Waals surface area (Å²) in [6, 6.07) is 3.09. The smallest absolute Gasteiger partial charge is 0.132 e. The van der Waals surface area contributed by atoms with E-state index in [1.807, 2.05) is 0 Å². The number of unbranched alkanes of at least 4 members (excludes halogenated alkanes) is 1. The fraction of sp³-hybridized carbons (Fsp3) is 0.500. The molecule has 4 heteroatoms. The van der Waals surface area contributed by atoms with E-state index in [0.717, 1.165) is 19.3 Å². The highest BCUT2D eigenvalue weighted by atomic mass is 35.5. The lowest BCUT2D eigenvalue weighted by Gasteiger charge is -2.15. The van der Waals surface area contributed by atoms with E-state index >= 15 is 0 Å². The Morgan fingerprint density at radius 2 is 2.06 bits per heavy atom. The van der Waals surface area contributed by atoms with Gasteiger partial charge in [-0.1, -0.05) is 37.4 Å². The second-order valence-corrected chi connectivity index (χ2v) is 4.25. The van der Waals surface area contributed by atoms with Gasteiger partial charge >= 0.3 is 0 Å². The number of rotatable bonds is 4. The highest BCUT2D eigenvalue weighted by Gasteiger charge is 2.16. The lowest BCUT2D eigenvalue weighted by Crippen LogP contribution is -2.13. The quantitative estimate of drug-likeness (QED) is 0.858.